The zero-order chi connectivity index (χ0) is 22.9. The molecule has 0 saturated heterocycles. The average molecular weight is 458 g/mol. The molecule has 2 aromatic rings. The molecule has 0 bridgehead atoms. The van der Waals surface area contributed by atoms with Crippen LogP contribution in [0.25, 0.3) is 5.69 Å². The molecule has 0 aliphatic heterocycles. The molecule has 1 aromatic heterocycles. The molecule has 0 fully saturated rings. The van der Waals surface area contributed by atoms with Crippen molar-refractivity contribution in [2.75, 3.05) is 57.0 Å². The number of aromatic nitrogens is 3. The standard InChI is InChI=1S/C15H20N9O6.ClH/c1-18(2)13-14(19(3)4)16-21(17-15(13)20(5)6)12-10(23(27)28)7-9(22(25)26)8-11(12)24(29)30;/h7-8H,1-6H3;1H/q+1;/p-1. The zero-order valence-corrected chi connectivity index (χ0v) is 18.3. The first-order chi connectivity index (χ1) is 13.9. The molecule has 31 heavy (non-hydrogen) atoms. The van der Waals surface area contributed by atoms with Crippen molar-refractivity contribution in [1.29, 1.82) is 0 Å². The number of nitro groups is 3. The van der Waals surface area contributed by atoms with E-state index in [4.69, 9.17) is 0 Å². The van der Waals surface area contributed by atoms with Crippen LogP contribution in [-0.2, 0) is 0 Å². The molecule has 15 nitrogen and oxygen atoms in total. The minimum absolute atomic E-state index is 0. The van der Waals surface area contributed by atoms with Gasteiger partial charge in [-0.2, -0.15) is 0 Å². The van der Waals surface area contributed by atoms with E-state index in [0.717, 1.165) is 4.80 Å². The number of hydrogen-bond donors (Lipinski definition) is 0. The quantitative estimate of drug-likeness (QED) is 0.248. The summed E-state index contributed by atoms with van der Waals surface area (Å²) in [6, 6.07) is 1.28. The van der Waals surface area contributed by atoms with Crippen LogP contribution in [0.2, 0.25) is 0 Å². The summed E-state index contributed by atoms with van der Waals surface area (Å²) in [5.41, 5.74) is -2.55. The molecule has 0 saturated carbocycles. The highest BCUT2D eigenvalue weighted by Gasteiger charge is 2.42. The Morgan fingerprint density at radius 3 is 1.39 bits per heavy atom. The van der Waals surface area contributed by atoms with Crippen molar-refractivity contribution in [2.24, 2.45) is 0 Å². The third kappa shape index (κ3) is 4.82. The minimum atomic E-state index is -0.948. The lowest BCUT2D eigenvalue weighted by atomic mass is 10.2. The van der Waals surface area contributed by atoms with Crippen LogP contribution in [0.3, 0.4) is 0 Å². The lowest BCUT2D eigenvalue weighted by Crippen LogP contribution is -3.00. The highest BCUT2D eigenvalue weighted by molar-refractivity contribution is 5.77. The van der Waals surface area contributed by atoms with Gasteiger partial charge in [0.15, 0.2) is 0 Å². The Bertz CT molecular complexity index is 980. The van der Waals surface area contributed by atoms with Crippen LogP contribution in [0.5, 0.6) is 0 Å². The second-order valence-corrected chi connectivity index (χ2v) is 6.77. The van der Waals surface area contributed by atoms with Crippen LogP contribution in [0.4, 0.5) is 34.4 Å². The summed E-state index contributed by atoms with van der Waals surface area (Å²) in [6.45, 7) is 0. The van der Waals surface area contributed by atoms with Crippen molar-refractivity contribution in [3.8, 4) is 5.69 Å². The van der Waals surface area contributed by atoms with Gasteiger partial charge < -0.3 is 27.1 Å². The van der Waals surface area contributed by atoms with Crippen molar-refractivity contribution < 1.29 is 32.0 Å². The number of nitro benzene ring substituents is 3. The Hall–Kier alpha value is -3.88. The van der Waals surface area contributed by atoms with Crippen molar-refractivity contribution in [2.45, 2.75) is 0 Å². The van der Waals surface area contributed by atoms with E-state index in [2.05, 4.69) is 10.2 Å². The molecular formula is C15H20ClN9O6. The van der Waals surface area contributed by atoms with Gasteiger partial charge in [-0.3, -0.25) is 30.3 Å². The minimum Gasteiger partial charge on any atom is -1.00 e. The van der Waals surface area contributed by atoms with Gasteiger partial charge in [-0.1, -0.05) is 0 Å². The van der Waals surface area contributed by atoms with Crippen LogP contribution in [0.15, 0.2) is 12.1 Å². The molecule has 16 heteroatoms. The fourth-order valence-corrected chi connectivity index (χ4v) is 2.68. The van der Waals surface area contributed by atoms with E-state index >= 15 is 0 Å². The number of nitrogens with zero attached hydrogens (tertiary/aromatic N) is 9. The van der Waals surface area contributed by atoms with E-state index in [1.54, 1.807) is 57.0 Å². The SMILES string of the molecule is CN(C)c1n[n+](-c2c([N+](=O)[O-])cc([N+](=O)[O-])cc2[N+](=O)[O-])nc(N(C)C)c1N(C)C.[Cl-]. The van der Waals surface area contributed by atoms with E-state index in [9.17, 15) is 30.3 Å². The third-order valence-electron chi connectivity index (χ3n) is 3.96. The summed E-state index contributed by atoms with van der Waals surface area (Å²) in [5.74, 6) is 0.640. The Morgan fingerprint density at radius 2 is 1.13 bits per heavy atom. The van der Waals surface area contributed by atoms with Crippen LogP contribution in [0.1, 0.15) is 0 Å². The molecule has 0 aliphatic rings. The largest absolute Gasteiger partial charge is 1.00 e. The Morgan fingerprint density at radius 1 is 0.742 bits per heavy atom. The van der Waals surface area contributed by atoms with Gasteiger partial charge in [0, 0.05) is 42.3 Å². The smallest absolute Gasteiger partial charge is 0.422 e. The van der Waals surface area contributed by atoms with E-state index in [1.165, 1.54) is 0 Å². The van der Waals surface area contributed by atoms with Gasteiger partial charge in [0.25, 0.3) is 5.69 Å². The maximum Gasteiger partial charge on any atom is 0.422 e. The van der Waals surface area contributed by atoms with Crippen LogP contribution in [0, 0.1) is 30.3 Å². The molecular weight excluding hydrogens is 438 g/mol. The fourth-order valence-electron chi connectivity index (χ4n) is 2.68. The highest BCUT2D eigenvalue weighted by Crippen LogP contribution is 2.36. The molecule has 168 valence electrons. The second-order valence-electron chi connectivity index (χ2n) is 6.77. The molecule has 0 aliphatic carbocycles. The summed E-state index contributed by atoms with van der Waals surface area (Å²) in [7, 11) is 10.2. The normalized spacial score (nSPS) is 10.1. The molecule has 0 atom stereocenters. The second kappa shape index (κ2) is 9.29. The maximum atomic E-state index is 11.6. The summed E-state index contributed by atoms with van der Waals surface area (Å²) >= 11 is 0. The Labute approximate surface area is 182 Å². The highest BCUT2D eigenvalue weighted by atomic mass is 35.5. The molecule has 2 rings (SSSR count). The van der Waals surface area contributed by atoms with Crippen molar-refractivity contribution in [3.05, 3.63) is 42.5 Å². The van der Waals surface area contributed by atoms with Crippen LogP contribution < -0.4 is 31.9 Å². The first-order valence-electron chi connectivity index (χ1n) is 8.35. The fraction of sp³-hybridized carbons (Fsp3) is 0.400. The summed E-state index contributed by atoms with van der Waals surface area (Å²) in [4.78, 5) is 37.2. The van der Waals surface area contributed by atoms with E-state index in [1.807, 2.05) is 0 Å². The van der Waals surface area contributed by atoms with Crippen LogP contribution in [-0.4, -0.2) is 67.3 Å². The molecule has 0 N–H and O–H groups in total. The number of non-ortho nitro benzene ring substituents is 1. The van der Waals surface area contributed by atoms with Gasteiger partial charge in [0.2, 0.25) is 11.6 Å². The van der Waals surface area contributed by atoms with Gasteiger partial charge in [0.1, 0.15) is 17.8 Å². The van der Waals surface area contributed by atoms with E-state index < -0.39 is 37.5 Å². The first-order valence-corrected chi connectivity index (χ1v) is 8.35. The zero-order valence-electron chi connectivity index (χ0n) is 17.5. The molecule has 0 spiro atoms. The summed E-state index contributed by atoms with van der Waals surface area (Å²) < 4.78 is 0. The van der Waals surface area contributed by atoms with Crippen molar-refractivity contribution >= 4 is 34.4 Å². The van der Waals surface area contributed by atoms with Gasteiger partial charge in [-0.05, 0) is 0 Å². The van der Waals surface area contributed by atoms with Crippen LogP contribution >= 0.6 is 0 Å². The predicted molar refractivity (Wildman–Crippen MR) is 107 cm³/mol. The average Bonchev–Trinajstić information content (AvgIpc) is 2.65. The number of hydrogen-bond acceptors (Lipinski definition) is 11. The number of benzene rings is 1. The maximum absolute atomic E-state index is 11.6. The topological polar surface area (TPSA) is 169 Å². The molecule has 1 heterocycles. The molecule has 0 radical (unpaired) electrons. The predicted octanol–water partition coefficient (Wildman–Crippen LogP) is -2.32. The van der Waals surface area contributed by atoms with Gasteiger partial charge >= 0.3 is 17.1 Å². The summed E-state index contributed by atoms with van der Waals surface area (Å²) in [6.07, 6.45) is 0. The monoisotopic (exact) mass is 457 g/mol. The van der Waals surface area contributed by atoms with E-state index in [-0.39, 0.29) is 12.4 Å². The van der Waals surface area contributed by atoms with Gasteiger partial charge in [-0.25, -0.2) is 0 Å². The lowest BCUT2D eigenvalue weighted by molar-refractivity contribution is -0.721. The summed E-state index contributed by atoms with van der Waals surface area (Å²) in [5, 5.41) is 42.9. The molecule has 0 amide bonds. The first kappa shape index (κ1) is 25.2. The van der Waals surface area contributed by atoms with Gasteiger partial charge in [-0.15, -0.1) is 0 Å². The molecule has 0 unspecified atom stereocenters. The van der Waals surface area contributed by atoms with Crippen molar-refractivity contribution in [1.82, 2.24) is 10.2 Å². The molecule has 1 aromatic carbocycles. The van der Waals surface area contributed by atoms with E-state index in [0.29, 0.717) is 29.5 Å². The third-order valence-corrected chi connectivity index (χ3v) is 3.96. The number of halogens is 1. The van der Waals surface area contributed by atoms with Gasteiger partial charge in [0.05, 0.1) is 29.8 Å². The van der Waals surface area contributed by atoms with Crippen molar-refractivity contribution in [3.63, 3.8) is 0 Å². The Balaban J connectivity index is 0.00000480. The lowest BCUT2D eigenvalue weighted by Gasteiger charge is -2.23. The number of anilines is 3. The number of rotatable bonds is 7. The Kier molecular flexibility index (Phi) is 7.54.